The SMILES string of the molecule is COc1ccc(C(=O)C2CCN(C(=O)c3ccc(C(=O)N[C@@H]4CCN(Cc5ccc(F)c(OC)c5)C[C@@H]4C)cn3)CC2)cc1. The van der Waals surface area contributed by atoms with Gasteiger partial charge in [-0.1, -0.05) is 13.0 Å². The molecule has 2 amide bonds. The molecule has 0 radical (unpaired) electrons. The first-order valence-corrected chi connectivity index (χ1v) is 15.0. The summed E-state index contributed by atoms with van der Waals surface area (Å²) in [5.74, 6) is 0.305. The Labute approximate surface area is 257 Å². The Morgan fingerprint density at radius 3 is 2.30 bits per heavy atom. The fraction of sp³-hybridized carbons (Fsp3) is 0.412. The van der Waals surface area contributed by atoms with E-state index in [1.165, 1.54) is 19.4 Å². The van der Waals surface area contributed by atoms with Crippen molar-refractivity contribution >= 4 is 17.6 Å². The number of piperidine rings is 2. The van der Waals surface area contributed by atoms with Gasteiger partial charge in [0, 0.05) is 56.4 Å². The molecule has 2 aliphatic heterocycles. The molecular weight excluding hydrogens is 563 g/mol. The molecule has 0 aliphatic carbocycles. The Hall–Kier alpha value is -4.31. The molecule has 10 heteroatoms. The van der Waals surface area contributed by atoms with Crippen LogP contribution in [-0.2, 0) is 6.54 Å². The summed E-state index contributed by atoms with van der Waals surface area (Å²) in [6.07, 6.45) is 3.41. The van der Waals surface area contributed by atoms with E-state index >= 15 is 0 Å². The van der Waals surface area contributed by atoms with Crippen molar-refractivity contribution < 1.29 is 28.2 Å². The molecule has 3 heterocycles. The summed E-state index contributed by atoms with van der Waals surface area (Å²) in [6, 6.07) is 15.3. The predicted molar refractivity (Wildman–Crippen MR) is 163 cm³/mol. The summed E-state index contributed by atoms with van der Waals surface area (Å²) >= 11 is 0. The van der Waals surface area contributed by atoms with Gasteiger partial charge in [-0.3, -0.25) is 24.3 Å². The zero-order valence-electron chi connectivity index (χ0n) is 25.4. The molecule has 2 saturated heterocycles. The van der Waals surface area contributed by atoms with Crippen LogP contribution in [0.15, 0.2) is 60.8 Å². The molecule has 1 aromatic heterocycles. The lowest BCUT2D eigenvalue weighted by atomic mass is 9.88. The number of nitrogens with one attached hydrogen (secondary N) is 1. The van der Waals surface area contributed by atoms with Crippen molar-refractivity contribution in [3.8, 4) is 11.5 Å². The van der Waals surface area contributed by atoms with Gasteiger partial charge in [0.15, 0.2) is 17.3 Å². The first-order valence-electron chi connectivity index (χ1n) is 15.0. The van der Waals surface area contributed by atoms with E-state index in [0.29, 0.717) is 49.4 Å². The van der Waals surface area contributed by atoms with E-state index in [2.05, 4.69) is 22.1 Å². The van der Waals surface area contributed by atoms with Gasteiger partial charge < -0.3 is 19.7 Å². The van der Waals surface area contributed by atoms with E-state index in [1.54, 1.807) is 60.5 Å². The minimum atomic E-state index is -0.378. The van der Waals surface area contributed by atoms with Gasteiger partial charge in [-0.2, -0.15) is 0 Å². The van der Waals surface area contributed by atoms with Crippen molar-refractivity contribution in [2.45, 2.75) is 38.8 Å². The fourth-order valence-corrected chi connectivity index (χ4v) is 6.05. The van der Waals surface area contributed by atoms with E-state index in [1.807, 2.05) is 0 Å². The Morgan fingerprint density at radius 1 is 0.932 bits per heavy atom. The number of carbonyl (C=O) groups excluding carboxylic acids is 3. The predicted octanol–water partition coefficient (Wildman–Crippen LogP) is 4.61. The lowest BCUT2D eigenvalue weighted by molar-refractivity contribution is 0.0645. The highest BCUT2D eigenvalue weighted by molar-refractivity contribution is 5.99. The molecule has 9 nitrogen and oxygen atoms in total. The second-order valence-electron chi connectivity index (χ2n) is 11.6. The molecule has 0 unspecified atom stereocenters. The van der Waals surface area contributed by atoms with Gasteiger partial charge in [0.1, 0.15) is 11.4 Å². The monoisotopic (exact) mass is 602 g/mol. The lowest BCUT2D eigenvalue weighted by Crippen LogP contribution is -2.49. The summed E-state index contributed by atoms with van der Waals surface area (Å²) in [4.78, 5) is 47.4. The standard InChI is InChI=1S/C34H39FN4O5/c1-22-20-38(21-23-4-10-28(35)31(18-23)44-3)15-14-29(22)37-33(41)26-7-11-30(36-19-26)34(42)39-16-12-25(13-17-39)32(40)24-5-8-27(43-2)9-6-24/h4-11,18-19,22,25,29H,12-17,20-21H2,1-3H3,(H,37,41)/t22-,29+/m0/s1. The summed E-state index contributed by atoms with van der Waals surface area (Å²) in [5, 5.41) is 3.13. The van der Waals surface area contributed by atoms with Crippen LogP contribution >= 0.6 is 0 Å². The van der Waals surface area contributed by atoms with Crippen LogP contribution in [0.3, 0.4) is 0 Å². The number of benzene rings is 2. The summed E-state index contributed by atoms with van der Waals surface area (Å²) in [6.45, 7) is 5.32. The van der Waals surface area contributed by atoms with Gasteiger partial charge in [-0.15, -0.1) is 0 Å². The number of rotatable bonds is 9. The molecule has 5 rings (SSSR count). The van der Waals surface area contributed by atoms with Crippen LogP contribution in [0, 0.1) is 17.7 Å². The summed E-state index contributed by atoms with van der Waals surface area (Å²) in [7, 11) is 3.04. The van der Waals surface area contributed by atoms with Crippen molar-refractivity contribution in [3.05, 3.63) is 89.0 Å². The first-order chi connectivity index (χ1) is 21.2. The van der Waals surface area contributed by atoms with E-state index in [9.17, 15) is 18.8 Å². The second-order valence-corrected chi connectivity index (χ2v) is 11.6. The largest absolute Gasteiger partial charge is 0.497 e. The number of halogens is 1. The van der Waals surface area contributed by atoms with Crippen molar-refractivity contribution in [2.75, 3.05) is 40.4 Å². The van der Waals surface area contributed by atoms with Gasteiger partial charge >= 0.3 is 0 Å². The smallest absolute Gasteiger partial charge is 0.272 e. The van der Waals surface area contributed by atoms with E-state index in [-0.39, 0.29) is 52.7 Å². The number of ketones is 1. The van der Waals surface area contributed by atoms with Crippen LogP contribution < -0.4 is 14.8 Å². The molecular formula is C34H39FN4O5. The first kappa shape index (κ1) is 31.1. The average molecular weight is 603 g/mol. The van der Waals surface area contributed by atoms with Crippen molar-refractivity contribution in [1.82, 2.24) is 20.1 Å². The van der Waals surface area contributed by atoms with Gasteiger partial charge in [0.05, 0.1) is 19.8 Å². The minimum Gasteiger partial charge on any atom is -0.497 e. The normalized spacial score (nSPS) is 19.3. The number of nitrogens with zero attached hydrogens (tertiary/aromatic N) is 3. The number of likely N-dealkylation sites (tertiary alicyclic amines) is 2. The van der Waals surface area contributed by atoms with Gasteiger partial charge in [0.2, 0.25) is 0 Å². The number of pyridine rings is 1. The van der Waals surface area contributed by atoms with E-state index < -0.39 is 0 Å². The third-order valence-electron chi connectivity index (χ3n) is 8.70. The van der Waals surface area contributed by atoms with Crippen LogP contribution in [0.5, 0.6) is 11.5 Å². The quantitative estimate of drug-likeness (QED) is 0.357. The molecule has 232 valence electrons. The number of carbonyl (C=O) groups is 3. The molecule has 0 spiro atoms. The number of ether oxygens (including phenoxy) is 2. The number of hydrogen-bond acceptors (Lipinski definition) is 7. The summed E-state index contributed by atoms with van der Waals surface area (Å²) in [5.41, 5.74) is 2.31. The van der Waals surface area contributed by atoms with Gasteiger partial charge in [0.25, 0.3) is 11.8 Å². The number of amides is 2. The van der Waals surface area contributed by atoms with E-state index in [4.69, 9.17) is 9.47 Å². The van der Waals surface area contributed by atoms with Crippen molar-refractivity contribution in [3.63, 3.8) is 0 Å². The maximum absolute atomic E-state index is 13.8. The van der Waals surface area contributed by atoms with Gasteiger partial charge in [-0.05, 0) is 79.3 Å². The van der Waals surface area contributed by atoms with Crippen molar-refractivity contribution in [1.29, 1.82) is 0 Å². The Morgan fingerprint density at radius 2 is 1.66 bits per heavy atom. The zero-order valence-corrected chi connectivity index (χ0v) is 25.4. The molecule has 2 aliphatic rings. The minimum absolute atomic E-state index is 0.00438. The summed E-state index contributed by atoms with van der Waals surface area (Å²) < 4.78 is 24.0. The molecule has 2 aromatic carbocycles. The fourth-order valence-electron chi connectivity index (χ4n) is 6.05. The van der Waals surface area contributed by atoms with Crippen LogP contribution in [0.4, 0.5) is 4.39 Å². The molecule has 2 fully saturated rings. The third-order valence-corrected chi connectivity index (χ3v) is 8.70. The van der Waals surface area contributed by atoms with Crippen LogP contribution in [0.2, 0.25) is 0 Å². The van der Waals surface area contributed by atoms with Crippen LogP contribution in [-0.4, -0.2) is 78.8 Å². The Balaban J connectivity index is 1.09. The number of hydrogen-bond donors (Lipinski definition) is 1. The van der Waals surface area contributed by atoms with Crippen LogP contribution in [0.1, 0.15) is 63.0 Å². The third kappa shape index (κ3) is 7.24. The Bertz CT molecular complexity index is 1470. The van der Waals surface area contributed by atoms with Crippen LogP contribution in [0.25, 0.3) is 0 Å². The highest BCUT2D eigenvalue weighted by atomic mass is 19.1. The van der Waals surface area contributed by atoms with E-state index in [0.717, 1.165) is 25.1 Å². The Kier molecular flexibility index (Phi) is 9.89. The molecule has 0 bridgehead atoms. The molecule has 0 saturated carbocycles. The highest BCUT2D eigenvalue weighted by Gasteiger charge is 2.30. The maximum Gasteiger partial charge on any atom is 0.272 e. The molecule has 44 heavy (non-hydrogen) atoms. The molecule has 1 N–H and O–H groups in total. The number of Topliss-reactive ketones (excluding diaryl/α,β-unsaturated/α-hetero) is 1. The topological polar surface area (TPSA) is 101 Å². The van der Waals surface area contributed by atoms with Crippen molar-refractivity contribution in [2.24, 2.45) is 11.8 Å². The average Bonchev–Trinajstić information content (AvgIpc) is 3.06. The zero-order chi connectivity index (χ0) is 31.2. The maximum atomic E-state index is 13.8. The molecule has 2 atom stereocenters. The number of methoxy groups -OCH3 is 2. The van der Waals surface area contributed by atoms with Gasteiger partial charge in [-0.25, -0.2) is 4.39 Å². The highest BCUT2D eigenvalue weighted by Crippen LogP contribution is 2.25. The number of aromatic nitrogens is 1. The lowest BCUT2D eigenvalue weighted by Gasteiger charge is -2.37. The second kappa shape index (κ2) is 14.0. The molecule has 3 aromatic rings.